The summed E-state index contributed by atoms with van der Waals surface area (Å²) in [6, 6.07) is 0.340. The maximum absolute atomic E-state index is 6.06. The Morgan fingerprint density at radius 3 is 2.74 bits per heavy atom. The van der Waals surface area contributed by atoms with E-state index in [0.717, 1.165) is 18.3 Å². The van der Waals surface area contributed by atoms with E-state index in [1.54, 1.807) is 0 Å². The van der Waals surface area contributed by atoms with E-state index < -0.39 is 0 Å². The number of nitrogens with zero attached hydrogens (tertiary/aromatic N) is 3. The number of likely N-dealkylation sites (tertiary alicyclic amines) is 1. The summed E-state index contributed by atoms with van der Waals surface area (Å²) in [5.74, 6) is 1.58. The molecule has 1 saturated heterocycles. The second-order valence-electron chi connectivity index (χ2n) is 6.10. The van der Waals surface area contributed by atoms with Crippen LogP contribution >= 0.6 is 0 Å². The third kappa shape index (κ3) is 3.00. The van der Waals surface area contributed by atoms with Crippen LogP contribution in [0, 0.1) is 11.8 Å². The Morgan fingerprint density at radius 2 is 2.21 bits per heavy atom. The minimum absolute atomic E-state index is 0.340. The van der Waals surface area contributed by atoms with Gasteiger partial charge >= 0.3 is 0 Å². The summed E-state index contributed by atoms with van der Waals surface area (Å²) in [4.78, 5) is 2.56. The fraction of sp³-hybridized carbons (Fsp3) is 0.800. The zero-order valence-electron chi connectivity index (χ0n) is 12.8. The van der Waals surface area contributed by atoms with E-state index in [1.165, 1.54) is 30.8 Å². The van der Waals surface area contributed by atoms with Crippen molar-refractivity contribution in [1.82, 2.24) is 14.7 Å². The Hall–Kier alpha value is -0.870. The normalized spacial score (nSPS) is 22.3. The summed E-state index contributed by atoms with van der Waals surface area (Å²) in [6.07, 6.45) is 4.43. The Morgan fingerprint density at radius 1 is 1.47 bits per heavy atom. The van der Waals surface area contributed by atoms with Crippen molar-refractivity contribution >= 4 is 0 Å². The molecule has 108 valence electrons. The predicted octanol–water partition coefficient (Wildman–Crippen LogP) is 1.96. The molecule has 0 aromatic carbocycles. The summed E-state index contributed by atoms with van der Waals surface area (Å²) in [6.45, 7) is 9.85. The van der Waals surface area contributed by atoms with Crippen molar-refractivity contribution in [3.63, 3.8) is 0 Å². The highest BCUT2D eigenvalue weighted by atomic mass is 15.3. The fourth-order valence-electron chi connectivity index (χ4n) is 3.22. The van der Waals surface area contributed by atoms with Crippen LogP contribution in [0.1, 0.15) is 44.5 Å². The van der Waals surface area contributed by atoms with Gasteiger partial charge in [-0.25, -0.2) is 0 Å². The van der Waals surface area contributed by atoms with Crippen molar-refractivity contribution in [2.75, 3.05) is 19.6 Å². The molecule has 1 aromatic heterocycles. The number of hydrogen-bond acceptors (Lipinski definition) is 3. The molecule has 4 nitrogen and oxygen atoms in total. The van der Waals surface area contributed by atoms with Crippen LogP contribution in [0.5, 0.6) is 0 Å². The molecule has 0 amide bonds. The highest BCUT2D eigenvalue weighted by Crippen LogP contribution is 2.31. The van der Waals surface area contributed by atoms with Gasteiger partial charge in [-0.3, -0.25) is 9.58 Å². The van der Waals surface area contributed by atoms with E-state index in [9.17, 15) is 0 Å². The van der Waals surface area contributed by atoms with Gasteiger partial charge < -0.3 is 5.73 Å². The van der Waals surface area contributed by atoms with Crippen molar-refractivity contribution < 1.29 is 0 Å². The predicted molar refractivity (Wildman–Crippen MR) is 78.9 cm³/mol. The maximum Gasteiger partial charge on any atom is 0.0670 e. The average Bonchev–Trinajstić information content (AvgIpc) is 2.98. The molecular formula is C15H28N4. The molecule has 1 fully saturated rings. The van der Waals surface area contributed by atoms with Crippen molar-refractivity contribution in [2.24, 2.45) is 24.6 Å². The number of aromatic nitrogens is 2. The summed E-state index contributed by atoms with van der Waals surface area (Å²) < 4.78 is 1.92. The van der Waals surface area contributed by atoms with Gasteiger partial charge in [0.2, 0.25) is 0 Å². The van der Waals surface area contributed by atoms with E-state index in [0.29, 0.717) is 12.6 Å². The first-order valence-electron chi connectivity index (χ1n) is 7.53. The van der Waals surface area contributed by atoms with Gasteiger partial charge in [0.05, 0.1) is 11.7 Å². The Balaban J connectivity index is 2.16. The van der Waals surface area contributed by atoms with Crippen molar-refractivity contribution in [3.8, 4) is 0 Å². The SMILES string of the molecule is CCc1nn(C)cc1C(CN)N1CCC(C(C)C)C1. The second kappa shape index (κ2) is 6.06. The van der Waals surface area contributed by atoms with Crippen molar-refractivity contribution in [1.29, 1.82) is 0 Å². The average molecular weight is 264 g/mol. The lowest BCUT2D eigenvalue weighted by atomic mass is 9.95. The third-order valence-corrected chi connectivity index (χ3v) is 4.49. The molecule has 4 heteroatoms. The minimum atomic E-state index is 0.340. The standard InChI is InChI=1S/C15H28N4/c1-5-14-13(10-18(4)17-14)15(8-16)19-7-6-12(9-19)11(2)3/h10-12,15H,5-9,16H2,1-4H3. The van der Waals surface area contributed by atoms with E-state index in [4.69, 9.17) is 5.73 Å². The van der Waals surface area contributed by atoms with Crippen LogP contribution in [0.25, 0.3) is 0 Å². The molecule has 0 radical (unpaired) electrons. The van der Waals surface area contributed by atoms with Gasteiger partial charge in [-0.1, -0.05) is 20.8 Å². The first-order valence-corrected chi connectivity index (χ1v) is 7.53. The van der Waals surface area contributed by atoms with E-state index >= 15 is 0 Å². The largest absolute Gasteiger partial charge is 0.329 e. The van der Waals surface area contributed by atoms with Gasteiger partial charge in [-0.15, -0.1) is 0 Å². The van der Waals surface area contributed by atoms with E-state index in [2.05, 4.69) is 37.0 Å². The highest BCUT2D eigenvalue weighted by Gasteiger charge is 2.31. The molecule has 0 aliphatic carbocycles. The topological polar surface area (TPSA) is 47.1 Å². The Kier molecular flexibility index (Phi) is 4.63. The first kappa shape index (κ1) is 14.5. The molecule has 1 aliphatic heterocycles. The summed E-state index contributed by atoms with van der Waals surface area (Å²) in [7, 11) is 2.00. The summed E-state index contributed by atoms with van der Waals surface area (Å²) in [5.41, 5.74) is 8.59. The third-order valence-electron chi connectivity index (χ3n) is 4.49. The Labute approximate surface area is 117 Å². The Bertz CT molecular complexity index is 410. The number of aryl methyl sites for hydroxylation is 2. The molecule has 0 spiro atoms. The molecule has 1 aliphatic rings. The molecule has 2 rings (SSSR count). The number of nitrogens with two attached hydrogens (primary N) is 1. The van der Waals surface area contributed by atoms with Crippen LogP contribution in [0.2, 0.25) is 0 Å². The molecule has 2 atom stereocenters. The molecule has 1 aromatic rings. The lowest BCUT2D eigenvalue weighted by molar-refractivity contribution is 0.231. The van der Waals surface area contributed by atoms with E-state index in [-0.39, 0.29) is 0 Å². The van der Waals surface area contributed by atoms with Crippen molar-refractivity contribution in [2.45, 2.75) is 39.7 Å². The first-order chi connectivity index (χ1) is 9.06. The van der Waals surface area contributed by atoms with Gasteiger partial charge in [0.25, 0.3) is 0 Å². The minimum Gasteiger partial charge on any atom is -0.329 e. The van der Waals surface area contributed by atoms with Gasteiger partial charge in [0.15, 0.2) is 0 Å². The van der Waals surface area contributed by atoms with Crippen LogP contribution in [0.3, 0.4) is 0 Å². The molecule has 0 saturated carbocycles. The maximum atomic E-state index is 6.06. The van der Waals surface area contributed by atoms with Crippen LogP contribution in [0.15, 0.2) is 6.20 Å². The number of hydrogen-bond donors (Lipinski definition) is 1. The molecule has 2 N–H and O–H groups in total. The van der Waals surface area contributed by atoms with Crippen molar-refractivity contribution in [3.05, 3.63) is 17.5 Å². The van der Waals surface area contributed by atoms with E-state index in [1.807, 2.05) is 11.7 Å². The lowest BCUT2D eigenvalue weighted by Gasteiger charge is -2.27. The lowest BCUT2D eigenvalue weighted by Crippen LogP contribution is -2.33. The smallest absolute Gasteiger partial charge is 0.0670 e. The summed E-state index contributed by atoms with van der Waals surface area (Å²) >= 11 is 0. The van der Waals surface area contributed by atoms with Gasteiger partial charge in [-0.2, -0.15) is 5.10 Å². The monoisotopic (exact) mass is 264 g/mol. The fourth-order valence-corrected chi connectivity index (χ4v) is 3.22. The van der Waals surface area contributed by atoms with Crippen LogP contribution < -0.4 is 5.73 Å². The number of rotatable bonds is 5. The molecule has 0 bridgehead atoms. The van der Waals surface area contributed by atoms with Gasteiger partial charge in [-0.05, 0) is 31.2 Å². The zero-order valence-corrected chi connectivity index (χ0v) is 12.8. The van der Waals surface area contributed by atoms with Crippen LogP contribution in [0.4, 0.5) is 0 Å². The molecule has 2 unspecified atom stereocenters. The van der Waals surface area contributed by atoms with Crippen LogP contribution in [-0.4, -0.2) is 34.3 Å². The van der Waals surface area contributed by atoms with Gasteiger partial charge in [0.1, 0.15) is 0 Å². The summed E-state index contributed by atoms with van der Waals surface area (Å²) in [5, 5.41) is 4.56. The molecule has 2 heterocycles. The van der Waals surface area contributed by atoms with Crippen LogP contribution in [-0.2, 0) is 13.5 Å². The van der Waals surface area contributed by atoms with Gasteiger partial charge in [0, 0.05) is 31.9 Å². The molecular weight excluding hydrogens is 236 g/mol. The second-order valence-corrected chi connectivity index (χ2v) is 6.10. The quantitative estimate of drug-likeness (QED) is 0.884. The molecule has 19 heavy (non-hydrogen) atoms. The zero-order chi connectivity index (χ0) is 14.0. The highest BCUT2D eigenvalue weighted by molar-refractivity contribution is 5.22.